The summed E-state index contributed by atoms with van der Waals surface area (Å²) in [6, 6.07) is 2.68. The van der Waals surface area contributed by atoms with Crippen LogP contribution in [0.2, 0.25) is 0 Å². The molecule has 5 aliphatic rings. The number of hydrogen-bond acceptors (Lipinski definition) is 20. The summed E-state index contributed by atoms with van der Waals surface area (Å²) in [4.78, 5) is 85.3. The van der Waals surface area contributed by atoms with Gasteiger partial charge in [-0.05, 0) is 46.2 Å². The first kappa shape index (κ1) is 76.8. The Kier molecular flexibility index (Phi) is 22.8. The number of hydroxylamine groups is 2. The summed E-state index contributed by atoms with van der Waals surface area (Å²) in [5.74, 6) is -2.53. The first-order valence-electron chi connectivity index (χ1n) is 29.3. The van der Waals surface area contributed by atoms with Crippen molar-refractivity contribution in [2.45, 2.75) is 169 Å². The molecular formula is C58H73F10N15O12S. The van der Waals surface area contributed by atoms with Gasteiger partial charge in [0, 0.05) is 73.9 Å². The standard InChI is InChI=1S/C14H19N3O3.C12H14F3N3O3.C12H17FN4O2.C11H14F3N3O2.C9H9F3N2O2S/c1-7-8(2)13(19)17(12(7)18)11-9(6-15)10(20-16-11)14(3,4)5;1-6-5-16-9(4-8(6)12(13,14)15)17-10(19)7(2)18(21-3)11(17)20;1-7-10(18)17(11(19)16(7)4)9-5-8(12(2,3)13)14-6-15-9;1-5-6(2)10(19)17(9(5)18)8-4-7(11(12,13)14)16(3)15-8;1-4-2-6(15)14(7(4)16)8-13-3-5(17-8)9(10,11)12/h7-8,12,18H,1-5H3;4-5,7,10,19H,1-3H3;5-7,10,18H,1-4H3;4-6,9,18H,1-3H3;3-4,6,15H,2H2,1H3/t7-,8+,12?;2*7-,10?;5-,6?,9?;/m0001./s1. The minimum atomic E-state index is -4.57. The second kappa shape index (κ2) is 28.5. The van der Waals surface area contributed by atoms with Gasteiger partial charge in [0.15, 0.2) is 35.0 Å². The fourth-order valence-corrected chi connectivity index (χ4v) is 11.0. The molecule has 7 unspecified atom stereocenters. The summed E-state index contributed by atoms with van der Waals surface area (Å²) in [6.45, 7) is 21.4. The molecule has 0 saturated carbocycles. The lowest BCUT2D eigenvalue weighted by Gasteiger charge is -2.20. The maximum atomic E-state index is 13.9. The Balaban J connectivity index is 0.000000190. The lowest BCUT2D eigenvalue weighted by atomic mass is 9.90. The van der Waals surface area contributed by atoms with Crippen molar-refractivity contribution in [3.63, 3.8) is 0 Å². The van der Waals surface area contributed by atoms with Crippen LogP contribution in [0.15, 0.2) is 41.4 Å². The number of urea groups is 2. The van der Waals surface area contributed by atoms with Crippen LogP contribution in [0.4, 0.5) is 81.9 Å². The van der Waals surface area contributed by atoms with Crippen LogP contribution < -0.4 is 24.5 Å². The first-order valence-corrected chi connectivity index (χ1v) is 30.1. The number of nitrogens with zero attached hydrogens (tertiary/aromatic N) is 15. The zero-order valence-corrected chi connectivity index (χ0v) is 55.4. The van der Waals surface area contributed by atoms with Gasteiger partial charge < -0.3 is 35.0 Å². The molecule has 528 valence electrons. The highest BCUT2D eigenvalue weighted by Crippen LogP contribution is 2.42. The average molecular weight is 1390 g/mol. The van der Waals surface area contributed by atoms with Crippen LogP contribution in [0, 0.1) is 47.8 Å². The Bertz CT molecular complexity index is 3700. The van der Waals surface area contributed by atoms with Gasteiger partial charge in [0.2, 0.25) is 17.7 Å². The van der Waals surface area contributed by atoms with Crippen LogP contribution in [0.25, 0.3) is 0 Å². The van der Waals surface area contributed by atoms with E-state index in [0.29, 0.717) is 28.0 Å². The fourth-order valence-electron chi connectivity index (χ4n) is 10.2. The van der Waals surface area contributed by atoms with E-state index in [9.17, 15) is 98.7 Å². The molecule has 7 amide bonds. The number of alkyl halides is 10. The third-order valence-electron chi connectivity index (χ3n) is 16.5. The zero-order chi connectivity index (χ0) is 72.9. The van der Waals surface area contributed by atoms with Crippen molar-refractivity contribution < 1.29 is 103 Å². The Morgan fingerprint density at radius 1 is 0.635 bits per heavy atom. The molecule has 0 spiro atoms. The lowest BCUT2D eigenvalue weighted by molar-refractivity contribution is -0.143. The molecule has 5 aromatic heterocycles. The molecule has 0 aromatic carbocycles. The van der Waals surface area contributed by atoms with Crippen LogP contribution in [0.3, 0.4) is 0 Å². The molecule has 5 aromatic rings. The van der Waals surface area contributed by atoms with Crippen LogP contribution in [0.1, 0.15) is 128 Å². The Labute approximate surface area is 547 Å². The lowest BCUT2D eigenvalue weighted by Crippen LogP contribution is -2.36. The Morgan fingerprint density at radius 3 is 1.59 bits per heavy atom. The third-order valence-corrected chi connectivity index (χ3v) is 17.6. The molecule has 5 fully saturated rings. The van der Waals surface area contributed by atoms with E-state index >= 15 is 0 Å². The number of aliphatic hydroxyl groups excluding tert-OH is 5. The minimum Gasteiger partial charge on any atom is -0.373 e. The summed E-state index contributed by atoms with van der Waals surface area (Å²) < 4.78 is 134. The van der Waals surface area contributed by atoms with Crippen molar-refractivity contribution in [2.75, 3.05) is 38.7 Å². The topological polar surface area (TPSA) is 338 Å². The summed E-state index contributed by atoms with van der Waals surface area (Å²) in [7, 11) is 3.97. The van der Waals surface area contributed by atoms with Crippen molar-refractivity contribution in [1.82, 2.24) is 44.8 Å². The molecule has 0 aliphatic carbocycles. The van der Waals surface area contributed by atoms with Gasteiger partial charge in [0.05, 0.1) is 30.6 Å². The SMILES string of the molecule is CC1C(=O)N(c2cc(C(F)(F)F)n(C)n2)C(O)[C@@H]1C.CC1CC(O)N(c2ncc(C(F)(F)F)s2)C1=O.CON1C(=O)N(c2cc(C(F)(F)F)c(C)cn2)C(O)[C@@H]1C.C[C@@H]1C(O)N(c2noc(C(C)(C)C)c2C#N)C(=O)[C@@H]1C.C[C@H]1C(O)N(c2cc(C(C)(C)F)ncn2)C(=O)N1C. The number of amides is 7. The molecule has 10 rings (SSSR count). The van der Waals surface area contributed by atoms with E-state index in [1.165, 1.54) is 57.0 Å². The number of pyridine rings is 1. The number of nitriles is 1. The van der Waals surface area contributed by atoms with Crippen LogP contribution in [-0.2, 0) is 55.9 Å². The summed E-state index contributed by atoms with van der Waals surface area (Å²) in [5, 5.41) is 67.4. The summed E-state index contributed by atoms with van der Waals surface area (Å²) >= 11 is 0.356. The van der Waals surface area contributed by atoms with Gasteiger partial charge in [0.25, 0.3) is 0 Å². The zero-order valence-electron chi connectivity index (χ0n) is 54.6. The molecule has 10 heterocycles. The smallest absolute Gasteiger partial charge is 0.373 e. The van der Waals surface area contributed by atoms with E-state index in [0.717, 1.165) is 50.0 Å². The number of thiazole rings is 1. The van der Waals surface area contributed by atoms with Crippen molar-refractivity contribution in [2.24, 2.45) is 36.6 Å². The third kappa shape index (κ3) is 15.6. The highest BCUT2D eigenvalue weighted by atomic mass is 32.1. The molecule has 96 heavy (non-hydrogen) atoms. The van der Waals surface area contributed by atoms with E-state index in [4.69, 9.17) is 9.36 Å². The van der Waals surface area contributed by atoms with Crippen LogP contribution in [0.5, 0.6) is 0 Å². The number of aliphatic hydroxyl groups is 5. The largest absolute Gasteiger partial charge is 0.433 e. The predicted octanol–water partition coefficient (Wildman–Crippen LogP) is 8.19. The normalized spacial score (nSPS) is 25.6. The molecule has 38 heteroatoms. The first-order chi connectivity index (χ1) is 44.1. The van der Waals surface area contributed by atoms with E-state index < -0.39 is 113 Å². The second-order valence-corrected chi connectivity index (χ2v) is 25.8. The monoisotopic (exact) mass is 1390 g/mol. The number of aromatic nitrogens is 7. The van der Waals surface area contributed by atoms with E-state index in [1.807, 2.05) is 26.8 Å². The van der Waals surface area contributed by atoms with E-state index in [2.05, 4.69) is 30.2 Å². The number of anilines is 5. The quantitative estimate of drug-likeness (QED) is 0.0958. The molecule has 5 saturated heterocycles. The van der Waals surface area contributed by atoms with Gasteiger partial charge in [0.1, 0.15) is 70.6 Å². The summed E-state index contributed by atoms with van der Waals surface area (Å²) in [5.41, 5.74) is -3.59. The number of carbonyl (C=O) groups is 5. The van der Waals surface area contributed by atoms with Crippen molar-refractivity contribution in [1.29, 1.82) is 5.26 Å². The number of hydrogen-bond donors (Lipinski definition) is 5. The number of halogens is 10. The van der Waals surface area contributed by atoms with Crippen LogP contribution >= 0.6 is 11.3 Å². The molecule has 27 nitrogen and oxygen atoms in total. The molecule has 12 atom stereocenters. The second-order valence-electron chi connectivity index (χ2n) is 24.8. The highest BCUT2D eigenvalue weighted by molar-refractivity contribution is 7.15. The average Bonchev–Trinajstić information content (AvgIpc) is 1.62. The maximum Gasteiger partial charge on any atom is 0.433 e. The fraction of sp³-hybridized carbons (Fsp3) is 0.586. The summed E-state index contributed by atoms with van der Waals surface area (Å²) in [6.07, 6.45) is -16.1. The van der Waals surface area contributed by atoms with Crippen molar-refractivity contribution in [3.8, 4) is 6.07 Å². The highest BCUT2D eigenvalue weighted by Gasteiger charge is 2.50. The molecular weight excluding hydrogens is 1320 g/mol. The van der Waals surface area contributed by atoms with Crippen molar-refractivity contribution >= 4 is 69.5 Å². The maximum absolute atomic E-state index is 13.9. The van der Waals surface area contributed by atoms with Gasteiger partial charge in [-0.1, -0.05) is 71.9 Å². The number of carbonyl (C=O) groups excluding carboxylic acids is 5. The predicted molar refractivity (Wildman–Crippen MR) is 320 cm³/mol. The van der Waals surface area contributed by atoms with Crippen molar-refractivity contribution in [3.05, 3.63) is 75.6 Å². The van der Waals surface area contributed by atoms with Gasteiger partial charge in [-0.25, -0.2) is 43.7 Å². The Morgan fingerprint density at radius 2 is 1.18 bits per heavy atom. The molecule has 5 N–H and O–H groups in total. The Hall–Kier alpha value is -8.22. The number of likely N-dealkylation sites (N-methyl/N-ethyl adjacent to an activating group) is 1. The van der Waals surface area contributed by atoms with E-state index in [1.54, 1.807) is 48.6 Å². The van der Waals surface area contributed by atoms with E-state index in [-0.39, 0.29) is 87.4 Å². The van der Waals surface area contributed by atoms with Crippen LogP contribution in [-0.4, -0.2) is 158 Å². The number of rotatable bonds is 7. The van der Waals surface area contributed by atoms with Gasteiger partial charge in [-0.2, -0.15) is 54.9 Å². The minimum absolute atomic E-state index is 0.0657. The molecule has 0 radical (unpaired) electrons. The molecule has 0 bridgehead atoms. The van der Waals surface area contributed by atoms with Gasteiger partial charge >= 0.3 is 30.6 Å². The van der Waals surface area contributed by atoms with Gasteiger partial charge in [-0.3, -0.25) is 38.6 Å². The van der Waals surface area contributed by atoms with Gasteiger partial charge in [-0.15, -0.1) is 0 Å². The number of aryl methyl sites for hydroxylation is 2. The molecule has 5 aliphatic heterocycles.